The van der Waals surface area contributed by atoms with Crippen molar-refractivity contribution in [3.63, 3.8) is 0 Å². The second-order valence-electron chi connectivity index (χ2n) is 4.40. The maximum atomic E-state index is 14.0. The van der Waals surface area contributed by atoms with E-state index < -0.39 is 11.7 Å². The number of nitrogens with one attached hydrogen (secondary N) is 2. The Balaban J connectivity index is 2.14. The van der Waals surface area contributed by atoms with Crippen molar-refractivity contribution >= 4 is 17.4 Å². The van der Waals surface area contributed by atoms with Crippen LogP contribution in [0.4, 0.5) is 15.9 Å². The molecule has 2 aromatic rings. The Kier molecular flexibility index (Phi) is 4.84. The van der Waals surface area contributed by atoms with Crippen molar-refractivity contribution < 1.29 is 14.3 Å². The topological polar surface area (TPSA) is 74.2 Å². The minimum Gasteiger partial charge on any atom is -0.396 e. The van der Waals surface area contributed by atoms with Gasteiger partial charge in [0.25, 0.3) is 5.91 Å². The van der Waals surface area contributed by atoms with Gasteiger partial charge >= 0.3 is 0 Å². The number of anilines is 2. The van der Waals surface area contributed by atoms with Crippen molar-refractivity contribution in [2.24, 2.45) is 0 Å². The first-order valence-electron chi connectivity index (χ1n) is 6.49. The van der Waals surface area contributed by atoms with E-state index in [4.69, 9.17) is 5.11 Å². The lowest BCUT2D eigenvalue weighted by Crippen LogP contribution is -2.15. The molecular formula is C15H16FN3O2. The van der Waals surface area contributed by atoms with E-state index in [1.165, 1.54) is 19.3 Å². The Morgan fingerprint density at radius 1 is 1.29 bits per heavy atom. The van der Waals surface area contributed by atoms with E-state index in [1.807, 2.05) is 0 Å². The third kappa shape index (κ3) is 3.55. The van der Waals surface area contributed by atoms with Crippen molar-refractivity contribution in [3.8, 4) is 0 Å². The molecule has 0 unspecified atom stereocenters. The van der Waals surface area contributed by atoms with Crippen LogP contribution in [0.15, 0.2) is 36.5 Å². The van der Waals surface area contributed by atoms with Crippen LogP contribution in [0.5, 0.6) is 0 Å². The lowest BCUT2D eigenvalue weighted by Gasteiger charge is -2.08. The summed E-state index contributed by atoms with van der Waals surface area (Å²) in [4.78, 5) is 15.9. The predicted molar refractivity (Wildman–Crippen MR) is 78.9 cm³/mol. The van der Waals surface area contributed by atoms with Crippen LogP contribution in [0.25, 0.3) is 0 Å². The third-order valence-corrected chi connectivity index (χ3v) is 2.98. The molecule has 0 saturated carbocycles. The lowest BCUT2D eigenvalue weighted by molar-refractivity contribution is 0.102. The first-order valence-corrected chi connectivity index (χ1v) is 6.49. The van der Waals surface area contributed by atoms with Crippen LogP contribution < -0.4 is 10.6 Å². The second kappa shape index (κ2) is 6.81. The lowest BCUT2D eigenvalue weighted by atomic mass is 10.1. The maximum absolute atomic E-state index is 14.0. The first-order chi connectivity index (χ1) is 10.2. The Bertz CT molecular complexity index is 629. The Morgan fingerprint density at radius 3 is 2.62 bits per heavy atom. The number of nitrogens with zero attached hydrogens (tertiary/aromatic N) is 1. The quantitative estimate of drug-likeness (QED) is 0.787. The molecule has 0 aliphatic heterocycles. The van der Waals surface area contributed by atoms with Gasteiger partial charge in [0.15, 0.2) is 11.6 Å². The smallest absolute Gasteiger partial charge is 0.258 e. The summed E-state index contributed by atoms with van der Waals surface area (Å²) in [7, 11) is 1.53. The van der Waals surface area contributed by atoms with Crippen molar-refractivity contribution in [3.05, 3.63) is 53.5 Å². The van der Waals surface area contributed by atoms with E-state index >= 15 is 0 Å². The van der Waals surface area contributed by atoms with Crippen LogP contribution in [0.2, 0.25) is 0 Å². The summed E-state index contributed by atoms with van der Waals surface area (Å²) in [6.07, 6.45) is 1.92. The SMILES string of the molecule is CNc1nccc(C(=O)Nc2ccc(CCO)cc2)c1F. The summed E-state index contributed by atoms with van der Waals surface area (Å²) in [5, 5.41) is 14.0. The number of hydrogen-bond acceptors (Lipinski definition) is 4. The first kappa shape index (κ1) is 14.9. The highest BCUT2D eigenvalue weighted by Gasteiger charge is 2.15. The van der Waals surface area contributed by atoms with Gasteiger partial charge in [-0.3, -0.25) is 4.79 Å². The number of hydrogen-bond donors (Lipinski definition) is 3. The average Bonchev–Trinajstić information content (AvgIpc) is 2.49. The van der Waals surface area contributed by atoms with Crippen LogP contribution in [0.1, 0.15) is 15.9 Å². The van der Waals surface area contributed by atoms with Crippen LogP contribution in [-0.4, -0.2) is 29.7 Å². The Hall–Kier alpha value is -2.47. The zero-order valence-corrected chi connectivity index (χ0v) is 11.6. The number of carbonyl (C=O) groups is 1. The molecule has 1 heterocycles. The van der Waals surface area contributed by atoms with E-state index in [2.05, 4.69) is 15.6 Å². The normalized spacial score (nSPS) is 10.2. The molecule has 0 bridgehead atoms. The third-order valence-electron chi connectivity index (χ3n) is 2.98. The molecule has 5 nitrogen and oxygen atoms in total. The fourth-order valence-electron chi connectivity index (χ4n) is 1.88. The summed E-state index contributed by atoms with van der Waals surface area (Å²) >= 11 is 0. The highest BCUT2D eigenvalue weighted by molar-refractivity contribution is 6.04. The van der Waals surface area contributed by atoms with Gasteiger partial charge < -0.3 is 15.7 Å². The van der Waals surface area contributed by atoms with Crippen LogP contribution in [0, 0.1) is 5.82 Å². The molecule has 0 aliphatic rings. The summed E-state index contributed by atoms with van der Waals surface area (Å²) < 4.78 is 14.0. The molecule has 1 aromatic heterocycles. The Morgan fingerprint density at radius 2 is 2.00 bits per heavy atom. The predicted octanol–water partition coefficient (Wildman–Crippen LogP) is 2.05. The highest BCUT2D eigenvalue weighted by Crippen LogP contribution is 2.17. The highest BCUT2D eigenvalue weighted by atomic mass is 19.1. The van der Waals surface area contributed by atoms with Crippen molar-refractivity contribution in [2.75, 3.05) is 24.3 Å². The van der Waals surface area contributed by atoms with Gasteiger partial charge in [-0.15, -0.1) is 0 Å². The van der Waals surface area contributed by atoms with Gasteiger partial charge in [0.1, 0.15) is 0 Å². The number of aliphatic hydroxyl groups is 1. The van der Waals surface area contributed by atoms with Crippen molar-refractivity contribution in [1.82, 2.24) is 4.98 Å². The van der Waals surface area contributed by atoms with Crippen LogP contribution in [-0.2, 0) is 6.42 Å². The average molecular weight is 289 g/mol. The molecule has 6 heteroatoms. The molecule has 21 heavy (non-hydrogen) atoms. The molecular weight excluding hydrogens is 273 g/mol. The van der Waals surface area contributed by atoms with Gasteiger partial charge in [0, 0.05) is 25.5 Å². The minimum atomic E-state index is -0.686. The fourth-order valence-corrected chi connectivity index (χ4v) is 1.88. The Labute approximate surface area is 121 Å². The number of benzene rings is 1. The molecule has 0 radical (unpaired) electrons. The fraction of sp³-hybridized carbons (Fsp3) is 0.200. The number of amides is 1. The van der Waals surface area contributed by atoms with Gasteiger partial charge in [-0.25, -0.2) is 9.37 Å². The van der Waals surface area contributed by atoms with E-state index in [1.54, 1.807) is 24.3 Å². The number of aromatic nitrogens is 1. The van der Waals surface area contributed by atoms with Gasteiger partial charge in [-0.2, -0.15) is 0 Å². The molecule has 0 spiro atoms. The summed E-state index contributed by atoms with van der Waals surface area (Å²) in [5.41, 5.74) is 1.45. The molecule has 1 aromatic carbocycles. The van der Waals surface area contributed by atoms with Gasteiger partial charge in [-0.1, -0.05) is 12.1 Å². The summed E-state index contributed by atoms with van der Waals surface area (Å²) in [5.74, 6) is -1.20. The molecule has 0 atom stereocenters. The van der Waals surface area contributed by atoms with Crippen molar-refractivity contribution in [2.45, 2.75) is 6.42 Å². The zero-order valence-electron chi connectivity index (χ0n) is 11.6. The molecule has 110 valence electrons. The minimum absolute atomic E-state index is 0.0287. The van der Waals surface area contributed by atoms with Crippen LogP contribution in [0.3, 0.4) is 0 Å². The van der Waals surface area contributed by atoms with E-state index in [-0.39, 0.29) is 18.0 Å². The number of aliphatic hydroxyl groups excluding tert-OH is 1. The molecule has 3 N–H and O–H groups in total. The number of halogens is 1. The zero-order chi connectivity index (χ0) is 15.2. The van der Waals surface area contributed by atoms with Crippen molar-refractivity contribution in [1.29, 1.82) is 0 Å². The second-order valence-corrected chi connectivity index (χ2v) is 4.40. The molecule has 1 amide bonds. The standard InChI is InChI=1S/C15H16FN3O2/c1-17-14-13(16)12(6-8-18-14)15(21)19-11-4-2-10(3-5-11)7-9-20/h2-6,8,20H,7,9H2,1H3,(H,17,18)(H,19,21). The number of carbonyl (C=O) groups excluding carboxylic acids is 1. The molecule has 2 rings (SSSR count). The molecule has 0 saturated heterocycles. The van der Waals surface area contributed by atoms with E-state index in [0.29, 0.717) is 12.1 Å². The number of rotatable bonds is 5. The molecule has 0 fully saturated rings. The monoisotopic (exact) mass is 289 g/mol. The van der Waals surface area contributed by atoms with Gasteiger partial charge in [-0.05, 0) is 30.2 Å². The maximum Gasteiger partial charge on any atom is 0.258 e. The van der Waals surface area contributed by atoms with Crippen LogP contribution >= 0.6 is 0 Å². The molecule has 0 aliphatic carbocycles. The largest absolute Gasteiger partial charge is 0.396 e. The van der Waals surface area contributed by atoms with Gasteiger partial charge in [0.2, 0.25) is 0 Å². The van der Waals surface area contributed by atoms with Gasteiger partial charge in [0.05, 0.1) is 5.56 Å². The van der Waals surface area contributed by atoms with E-state index in [9.17, 15) is 9.18 Å². The summed E-state index contributed by atoms with van der Waals surface area (Å²) in [6.45, 7) is 0.0702. The summed E-state index contributed by atoms with van der Waals surface area (Å²) in [6, 6.07) is 8.34. The number of pyridine rings is 1. The van der Waals surface area contributed by atoms with E-state index in [0.717, 1.165) is 5.56 Å².